The van der Waals surface area contributed by atoms with E-state index in [1.165, 1.54) is 12.8 Å². The van der Waals surface area contributed by atoms with Crippen LogP contribution in [0.4, 0.5) is 0 Å². The van der Waals surface area contributed by atoms with Crippen molar-refractivity contribution in [3.05, 3.63) is 46.5 Å². The molecule has 0 amide bonds. The molecule has 1 N–H and O–H groups in total. The Morgan fingerprint density at radius 3 is 2.76 bits per heavy atom. The number of benzene rings is 1. The zero-order valence-electron chi connectivity index (χ0n) is 10.5. The van der Waals surface area contributed by atoms with Crippen LogP contribution in [0.2, 0.25) is 0 Å². The van der Waals surface area contributed by atoms with Gasteiger partial charge in [-0.3, -0.25) is 0 Å². The van der Waals surface area contributed by atoms with Crippen molar-refractivity contribution in [2.75, 3.05) is 0 Å². The van der Waals surface area contributed by atoms with E-state index in [4.69, 9.17) is 0 Å². The highest BCUT2D eigenvalue weighted by molar-refractivity contribution is 9.10. The van der Waals surface area contributed by atoms with Gasteiger partial charge in [0.2, 0.25) is 0 Å². The first-order chi connectivity index (χ1) is 8.15. The summed E-state index contributed by atoms with van der Waals surface area (Å²) in [4.78, 5) is 0. The average molecular weight is 297 g/mol. The number of unbranched alkanes of at least 4 members (excludes halogenated alkanes) is 3. The second kappa shape index (κ2) is 7.67. The van der Waals surface area contributed by atoms with E-state index in [2.05, 4.69) is 28.6 Å². The van der Waals surface area contributed by atoms with Crippen molar-refractivity contribution >= 4 is 15.9 Å². The van der Waals surface area contributed by atoms with E-state index in [0.717, 1.165) is 34.9 Å². The molecule has 2 heteroatoms. The first-order valence-corrected chi connectivity index (χ1v) is 6.99. The molecule has 0 aromatic heterocycles. The van der Waals surface area contributed by atoms with Crippen LogP contribution in [0, 0.1) is 6.92 Å². The van der Waals surface area contributed by atoms with Gasteiger partial charge in [-0.25, -0.2) is 0 Å². The molecule has 1 atom stereocenters. The minimum atomic E-state index is -0.327. The predicted molar refractivity (Wildman–Crippen MR) is 77.1 cm³/mol. The number of hydrogen-bond donors (Lipinski definition) is 1. The Morgan fingerprint density at radius 1 is 1.35 bits per heavy atom. The number of aliphatic hydroxyl groups is 1. The van der Waals surface area contributed by atoms with Gasteiger partial charge in [0.05, 0.1) is 6.10 Å². The normalized spacial score (nSPS) is 12.4. The lowest BCUT2D eigenvalue weighted by molar-refractivity contribution is 0.163. The topological polar surface area (TPSA) is 20.2 Å². The molecule has 1 aromatic rings. The first kappa shape index (κ1) is 14.5. The smallest absolute Gasteiger partial charge is 0.0792 e. The Balaban J connectivity index is 2.41. The summed E-state index contributed by atoms with van der Waals surface area (Å²) in [5.74, 6) is 0. The minimum Gasteiger partial charge on any atom is -0.388 e. The fourth-order valence-corrected chi connectivity index (χ4v) is 2.45. The van der Waals surface area contributed by atoms with E-state index >= 15 is 0 Å². The largest absolute Gasteiger partial charge is 0.388 e. The molecule has 0 aliphatic rings. The molecule has 1 unspecified atom stereocenters. The fraction of sp³-hybridized carbons (Fsp3) is 0.467. The third-order valence-corrected chi connectivity index (χ3v) is 3.47. The summed E-state index contributed by atoms with van der Waals surface area (Å²) >= 11 is 3.44. The van der Waals surface area contributed by atoms with Crippen molar-refractivity contribution in [3.63, 3.8) is 0 Å². The van der Waals surface area contributed by atoms with Crippen LogP contribution < -0.4 is 0 Å². The summed E-state index contributed by atoms with van der Waals surface area (Å²) < 4.78 is 1.07. The average Bonchev–Trinajstić information content (AvgIpc) is 2.28. The summed E-state index contributed by atoms with van der Waals surface area (Å²) in [7, 11) is 0. The van der Waals surface area contributed by atoms with E-state index in [0.29, 0.717) is 0 Å². The third-order valence-electron chi connectivity index (χ3n) is 2.98. The number of allylic oxidation sites excluding steroid dienone is 1. The zero-order valence-corrected chi connectivity index (χ0v) is 12.0. The van der Waals surface area contributed by atoms with Crippen LogP contribution in [0.3, 0.4) is 0 Å². The van der Waals surface area contributed by atoms with E-state index in [1.54, 1.807) is 0 Å². The van der Waals surface area contributed by atoms with Crippen LogP contribution in [-0.4, -0.2) is 5.11 Å². The zero-order chi connectivity index (χ0) is 12.7. The monoisotopic (exact) mass is 296 g/mol. The fourth-order valence-electron chi connectivity index (χ4n) is 1.97. The Hall–Kier alpha value is -0.600. The molecule has 0 fully saturated rings. The van der Waals surface area contributed by atoms with Gasteiger partial charge in [0, 0.05) is 4.47 Å². The lowest BCUT2D eigenvalue weighted by Gasteiger charge is -2.13. The minimum absolute atomic E-state index is 0.327. The molecule has 94 valence electrons. The lowest BCUT2D eigenvalue weighted by atomic mass is 9.99. The maximum Gasteiger partial charge on any atom is 0.0792 e. The van der Waals surface area contributed by atoms with Gasteiger partial charge < -0.3 is 5.11 Å². The summed E-state index contributed by atoms with van der Waals surface area (Å²) in [5, 5.41) is 10.1. The van der Waals surface area contributed by atoms with E-state index in [-0.39, 0.29) is 6.10 Å². The van der Waals surface area contributed by atoms with Gasteiger partial charge >= 0.3 is 0 Å². The van der Waals surface area contributed by atoms with Crippen molar-refractivity contribution in [1.82, 2.24) is 0 Å². The van der Waals surface area contributed by atoms with Gasteiger partial charge in [0.1, 0.15) is 0 Å². The van der Waals surface area contributed by atoms with E-state index < -0.39 is 0 Å². The molecule has 1 nitrogen and oxygen atoms in total. The summed E-state index contributed by atoms with van der Waals surface area (Å²) in [5.41, 5.74) is 2.20. The van der Waals surface area contributed by atoms with Crippen molar-refractivity contribution in [3.8, 4) is 0 Å². The molecule has 0 bridgehead atoms. The number of halogens is 1. The molecule has 17 heavy (non-hydrogen) atoms. The summed E-state index contributed by atoms with van der Waals surface area (Å²) in [6.07, 6.45) is 6.97. The summed E-state index contributed by atoms with van der Waals surface area (Å²) in [6.45, 7) is 5.75. The lowest BCUT2D eigenvalue weighted by Crippen LogP contribution is -2.00. The van der Waals surface area contributed by atoms with Crippen LogP contribution in [-0.2, 0) is 0 Å². The molecule has 0 heterocycles. The Labute approximate surface area is 113 Å². The highest BCUT2D eigenvalue weighted by Crippen LogP contribution is 2.25. The molecule has 0 aliphatic carbocycles. The highest BCUT2D eigenvalue weighted by Gasteiger charge is 2.09. The van der Waals surface area contributed by atoms with Gasteiger partial charge in [-0.2, -0.15) is 0 Å². The molecule has 1 rings (SSSR count). The number of aryl methyl sites for hydroxylation is 1. The molecule has 0 aliphatic heterocycles. The second-order valence-electron chi connectivity index (χ2n) is 4.44. The number of aliphatic hydroxyl groups excluding tert-OH is 1. The van der Waals surface area contributed by atoms with Gasteiger partial charge in [-0.15, -0.1) is 6.58 Å². The van der Waals surface area contributed by atoms with E-state index in [9.17, 15) is 5.11 Å². The van der Waals surface area contributed by atoms with Gasteiger partial charge in [0.25, 0.3) is 0 Å². The third kappa shape index (κ3) is 5.05. The van der Waals surface area contributed by atoms with Crippen LogP contribution >= 0.6 is 15.9 Å². The first-order valence-electron chi connectivity index (χ1n) is 6.20. The van der Waals surface area contributed by atoms with Crippen molar-refractivity contribution < 1.29 is 5.11 Å². The van der Waals surface area contributed by atoms with Gasteiger partial charge in [-0.1, -0.05) is 40.9 Å². The predicted octanol–water partition coefficient (Wildman–Crippen LogP) is 4.93. The maximum atomic E-state index is 10.1. The van der Waals surface area contributed by atoms with Crippen molar-refractivity contribution in [2.45, 2.75) is 45.1 Å². The molecule has 1 aromatic carbocycles. The Kier molecular flexibility index (Phi) is 6.53. The molecule has 0 spiro atoms. The molecular weight excluding hydrogens is 276 g/mol. The van der Waals surface area contributed by atoms with Crippen molar-refractivity contribution in [1.29, 1.82) is 0 Å². The van der Waals surface area contributed by atoms with Crippen LogP contribution in [0.25, 0.3) is 0 Å². The van der Waals surface area contributed by atoms with Gasteiger partial charge in [0.15, 0.2) is 0 Å². The maximum absolute atomic E-state index is 10.1. The number of hydrogen-bond acceptors (Lipinski definition) is 1. The van der Waals surface area contributed by atoms with Crippen LogP contribution in [0.1, 0.15) is 49.3 Å². The summed E-state index contributed by atoms with van der Waals surface area (Å²) in [6, 6.07) is 6.05. The molecule has 0 saturated carbocycles. The Bertz CT molecular complexity index is 360. The molecule has 0 saturated heterocycles. The highest BCUT2D eigenvalue weighted by atomic mass is 79.9. The SMILES string of the molecule is C=CCCCCCC(O)c1ccc(Br)cc1C. The van der Waals surface area contributed by atoms with Gasteiger partial charge in [-0.05, 0) is 49.4 Å². The van der Waals surface area contributed by atoms with Crippen molar-refractivity contribution in [2.24, 2.45) is 0 Å². The standard InChI is InChI=1S/C15H21BrO/c1-3-4-5-6-7-8-15(17)14-10-9-13(16)11-12(14)2/h3,9-11,15,17H,1,4-8H2,2H3. The van der Waals surface area contributed by atoms with Crippen LogP contribution in [0.15, 0.2) is 35.3 Å². The Morgan fingerprint density at radius 2 is 2.12 bits per heavy atom. The number of rotatable bonds is 7. The molecular formula is C15H21BrO. The molecule has 0 radical (unpaired) electrons. The van der Waals surface area contributed by atoms with Crippen LogP contribution in [0.5, 0.6) is 0 Å². The second-order valence-corrected chi connectivity index (χ2v) is 5.36. The van der Waals surface area contributed by atoms with E-state index in [1.807, 2.05) is 25.1 Å². The quantitative estimate of drug-likeness (QED) is 0.559.